The molecular weight excluding hydrogens is 1280 g/mol. The molecule has 1 atom stereocenters. The summed E-state index contributed by atoms with van der Waals surface area (Å²) in [6.07, 6.45) is -0.261. The molecule has 0 spiro atoms. The van der Waals surface area contributed by atoms with E-state index in [0.717, 1.165) is 101 Å². The minimum absolute atomic E-state index is 0.0132. The van der Waals surface area contributed by atoms with Crippen molar-refractivity contribution in [1.29, 1.82) is 0 Å². The summed E-state index contributed by atoms with van der Waals surface area (Å²) in [4.78, 5) is 0. The molecule has 1 unspecified atom stereocenters. The Kier molecular flexibility index (Phi) is 20.5. The minimum atomic E-state index is -3.42. The Morgan fingerprint density at radius 2 is 0.730 bits per heavy atom. The maximum Gasteiger partial charge on any atom is 0.174 e. The van der Waals surface area contributed by atoms with Gasteiger partial charge in [0.2, 0.25) is 0 Å². The van der Waals surface area contributed by atoms with Crippen LogP contribution in [-0.2, 0) is 34.4 Å². The van der Waals surface area contributed by atoms with Gasteiger partial charge in [0, 0.05) is 26.6 Å². The van der Waals surface area contributed by atoms with E-state index in [9.17, 15) is 10.2 Å². The van der Waals surface area contributed by atoms with E-state index in [-0.39, 0.29) is 36.2 Å². The van der Waals surface area contributed by atoms with Gasteiger partial charge in [0.05, 0.1) is 10.6 Å². The van der Waals surface area contributed by atoms with Crippen LogP contribution in [0.3, 0.4) is 0 Å². The predicted molar refractivity (Wildman–Crippen MR) is 406 cm³/mol. The van der Waals surface area contributed by atoms with Gasteiger partial charge in [-0.15, -0.1) is 0 Å². The van der Waals surface area contributed by atoms with Gasteiger partial charge in [0.1, 0.15) is 83.4 Å². The van der Waals surface area contributed by atoms with Gasteiger partial charge in [0.15, 0.2) is 14.3 Å². The third-order valence-corrected chi connectivity index (χ3v) is 24.8. The molecule has 0 saturated heterocycles. The molecule has 0 heterocycles. The number of aromatic hydroxyl groups is 2. The normalized spacial score (nSPS) is 12.0. The van der Waals surface area contributed by atoms with Crippen LogP contribution in [0, 0.1) is 55.4 Å². The van der Waals surface area contributed by atoms with Gasteiger partial charge in [-0.25, -0.2) is 0 Å². The van der Waals surface area contributed by atoms with Gasteiger partial charge < -0.3 is 47.8 Å². The van der Waals surface area contributed by atoms with E-state index in [4.69, 9.17) is 28.4 Å². The van der Waals surface area contributed by atoms with E-state index in [2.05, 4.69) is 65.8 Å². The zero-order valence-electron chi connectivity index (χ0n) is 58.5. The number of hydrogen-bond donors (Lipinski definition) is 2. The fraction of sp³-hybridized carbons (Fsp3) is 0.182. The minimum Gasteiger partial charge on any atom is -0.508 e. The second-order valence-electron chi connectivity index (χ2n) is 26.5. The molecule has 0 amide bonds. The summed E-state index contributed by atoms with van der Waals surface area (Å²) < 4.78 is 69.6. The summed E-state index contributed by atoms with van der Waals surface area (Å²) in [5.41, 5.74) is 13.9. The molecule has 0 aliphatic heterocycles. The van der Waals surface area contributed by atoms with Crippen molar-refractivity contribution >= 4 is 46.1 Å². The largest absolute Gasteiger partial charge is 0.508 e. The van der Waals surface area contributed by atoms with Crippen molar-refractivity contribution in [3.05, 3.63) is 333 Å². The highest BCUT2D eigenvalue weighted by Gasteiger charge is 2.35. The van der Waals surface area contributed by atoms with E-state index in [1.165, 1.54) is 11.1 Å². The molecule has 0 aromatic heterocycles. The Balaban J connectivity index is 0.650. The van der Waals surface area contributed by atoms with Crippen LogP contribution in [0.25, 0.3) is 0 Å². The third-order valence-electron chi connectivity index (χ3n) is 18.7. The van der Waals surface area contributed by atoms with E-state index < -0.39 is 14.3 Å². The van der Waals surface area contributed by atoms with Crippen LogP contribution >= 0.6 is 14.3 Å². The fourth-order valence-corrected chi connectivity index (χ4v) is 18.7. The Morgan fingerprint density at radius 1 is 0.360 bits per heavy atom. The highest BCUT2D eigenvalue weighted by atomic mass is 31.2. The van der Waals surface area contributed by atoms with Crippen LogP contribution < -0.4 is 60.2 Å². The molecule has 0 aliphatic carbocycles. The van der Waals surface area contributed by atoms with Gasteiger partial charge >= 0.3 is 0 Å². The number of aryl methyl sites for hydroxylation is 8. The third kappa shape index (κ3) is 14.8. The van der Waals surface area contributed by atoms with Gasteiger partial charge in [0.25, 0.3) is 0 Å². The van der Waals surface area contributed by atoms with Crippen molar-refractivity contribution in [1.82, 2.24) is 0 Å². The molecule has 12 aromatic rings. The lowest BCUT2D eigenvalue weighted by atomic mass is 9.76. The molecule has 0 aliphatic rings. The van der Waals surface area contributed by atoms with Gasteiger partial charge in [-0.05, 0) is 201 Å². The molecule has 0 fully saturated rings. The SMILES string of the molecule is Cc1cc(Oc2c(C)cc(C(C)(C)c3cc(C)c(Oc4cc(C)c(OC(C)c5ccc(COc6ccc(O)cc6P(=O)(c6ccccc6)c6ccccc6)cc5)c(C)c4)c(C)c3)cc2C)cc(C)c1OCc1ccc(COc2ccc(O)c(P(=O)(c3ccccc3)c3ccccc3)c2)cc1. The van der Waals surface area contributed by atoms with Crippen LogP contribution in [0.5, 0.6) is 57.5 Å². The molecule has 12 aromatic carbocycles. The van der Waals surface area contributed by atoms with Crippen molar-refractivity contribution in [3.63, 3.8) is 0 Å². The van der Waals surface area contributed by atoms with E-state index >= 15 is 9.13 Å². The monoisotopic (exact) mass is 1360 g/mol. The lowest BCUT2D eigenvalue weighted by Crippen LogP contribution is -2.26. The van der Waals surface area contributed by atoms with Crippen molar-refractivity contribution in [2.24, 2.45) is 0 Å². The molecule has 0 radical (unpaired) electrons. The van der Waals surface area contributed by atoms with Gasteiger partial charge in [-0.2, -0.15) is 0 Å². The first-order valence-corrected chi connectivity index (χ1v) is 37.1. The number of hydrogen-bond acceptors (Lipinski definition) is 10. The summed E-state index contributed by atoms with van der Waals surface area (Å²) in [5, 5.41) is 25.1. The number of benzene rings is 12. The van der Waals surface area contributed by atoms with E-state index in [0.29, 0.717) is 49.9 Å². The van der Waals surface area contributed by atoms with Gasteiger partial charge in [-0.3, -0.25) is 0 Å². The highest BCUT2D eigenvalue weighted by Crippen LogP contribution is 2.49. The molecule has 506 valence electrons. The lowest BCUT2D eigenvalue weighted by Gasteiger charge is -2.29. The van der Waals surface area contributed by atoms with Gasteiger partial charge in [-0.1, -0.05) is 208 Å². The quantitative estimate of drug-likeness (QED) is 0.0564. The van der Waals surface area contributed by atoms with Crippen LogP contribution in [-0.4, -0.2) is 10.2 Å². The number of phenols is 2. The molecular formula is C88H84O10P2. The number of phenolic OH excluding ortho intramolecular Hbond substituents is 2. The summed E-state index contributed by atoms with van der Waals surface area (Å²) in [5.74, 6) is 5.66. The zero-order valence-corrected chi connectivity index (χ0v) is 60.3. The van der Waals surface area contributed by atoms with E-state index in [1.54, 1.807) is 36.4 Å². The van der Waals surface area contributed by atoms with E-state index in [1.807, 2.05) is 229 Å². The fourth-order valence-electron chi connectivity index (χ4n) is 13.2. The predicted octanol–water partition coefficient (Wildman–Crippen LogP) is 19.6. The van der Waals surface area contributed by atoms with Crippen molar-refractivity contribution < 1.29 is 47.8 Å². The summed E-state index contributed by atoms with van der Waals surface area (Å²) in [6.45, 7) is 24.1. The topological polar surface area (TPSA) is 130 Å². The van der Waals surface area contributed by atoms with Crippen molar-refractivity contribution in [2.45, 2.75) is 108 Å². The second kappa shape index (κ2) is 29.5. The standard InChI is InChI=1S/C88H84O10P2/c1-57-44-70(45-58(2)86(57)97-74-48-61(5)84(62(6)49-74)95-56-67-34-32-66(33-35-67)54-93-73-41-42-80(90)82(53-73)99(91,76-24-16-12-17-25-76)77-26-18-13-19-27-77)88(10,11)71-46-59(3)87(60(4)47-71)98-75-50-63(7)85(64(8)51-75)96-65(9)69-38-36-68(37-39-69)55-94-81-43-40-72(89)52-83(81)100(92,78-28-20-14-21-29-78)79-30-22-15-23-31-79/h12-53,65,89-90H,54-56H2,1-11H3. The Labute approximate surface area is 588 Å². The first-order valence-electron chi connectivity index (χ1n) is 33.7. The number of rotatable bonds is 24. The second-order valence-corrected chi connectivity index (χ2v) is 32.0. The Hall–Kier alpha value is -10.5. The first-order chi connectivity index (χ1) is 48.1. The maximum absolute atomic E-state index is 15.3. The molecule has 2 N–H and O–H groups in total. The smallest absolute Gasteiger partial charge is 0.174 e. The van der Waals surface area contributed by atoms with Crippen LogP contribution in [0.15, 0.2) is 255 Å². The molecule has 12 rings (SSSR count). The Bertz CT molecular complexity index is 4840. The average molecular weight is 1360 g/mol. The van der Waals surface area contributed by atoms with Crippen LogP contribution in [0.1, 0.15) is 105 Å². The summed E-state index contributed by atoms with van der Waals surface area (Å²) >= 11 is 0. The van der Waals surface area contributed by atoms with Crippen LogP contribution in [0.4, 0.5) is 0 Å². The summed E-state index contributed by atoms with van der Waals surface area (Å²) in [6, 6.07) is 80.4. The lowest BCUT2D eigenvalue weighted by molar-refractivity contribution is 0.223. The molecule has 0 saturated carbocycles. The molecule has 100 heavy (non-hydrogen) atoms. The van der Waals surface area contributed by atoms with Crippen LogP contribution in [0.2, 0.25) is 0 Å². The molecule has 12 heteroatoms. The molecule has 0 bridgehead atoms. The maximum atomic E-state index is 15.3. The summed E-state index contributed by atoms with van der Waals surface area (Å²) in [7, 11) is -6.84. The zero-order chi connectivity index (χ0) is 70.5. The van der Waals surface area contributed by atoms with Crippen molar-refractivity contribution in [3.8, 4) is 57.5 Å². The average Bonchev–Trinajstić information content (AvgIpc) is 0.768. The molecule has 10 nitrogen and oxygen atoms in total. The Morgan fingerprint density at radius 3 is 1.16 bits per heavy atom. The van der Waals surface area contributed by atoms with Crippen molar-refractivity contribution in [2.75, 3.05) is 0 Å². The highest BCUT2D eigenvalue weighted by molar-refractivity contribution is 7.86. The first kappa shape index (κ1) is 69.4. The number of ether oxygens (including phenoxy) is 6.